The maximum absolute atomic E-state index is 6.22. The van der Waals surface area contributed by atoms with Gasteiger partial charge in [0.15, 0.2) is 0 Å². The maximum atomic E-state index is 6.22. The van der Waals surface area contributed by atoms with E-state index in [-0.39, 0.29) is 0 Å². The lowest BCUT2D eigenvalue weighted by Crippen LogP contribution is -2.34. The number of fused-ring (bicyclic) bond motifs is 2. The fourth-order valence-corrected chi connectivity index (χ4v) is 4.62. The lowest BCUT2D eigenvalue weighted by atomic mass is 9.88. The molecule has 0 N–H and O–H groups in total. The molecule has 2 heteroatoms. The van der Waals surface area contributed by atoms with E-state index >= 15 is 0 Å². The molecule has 1 aliphatic heterocycles. The Hall–Kier alpha value is 0.250. The van der Waals surface area contributed by atoms with Gasteiger partial charge in [-0.3, -0.25) is 4.90 Å². The molecule has 15 heavy (non-hydrogen) atoms. The summed E-state index contributed by atoms with van der Waals surface area (Å²) in [5, 5.41) is 0.415. The van der Waals surface area contributed by atoms with Gasteiger partial charge in [-0.15, -0.1) is 11.6 Å². The molecule has 5 unspecified atom stereocenters. The number of halogens is 1. The Balaban J connectivity index is 1.57. The quantitative estimate of drug-likeness (QED) is 0.656. The first kappa shape index (κ1) is 10.4. The minimum absolute atomic E-state index is 0.415. The molecule has 3 fully saturated rings. The molecule has 2 saturated carbocycles. The van der Waals surface area contributed by atoms with Gasteiger partial charge in [0, 0.05) is 24.5 Å². The molecule has 2 aliphatic carbocycles. The topological polar surface area (TPSA) is 3.24 Å². The lowest BCUT2D eigenvalue weighted by Gasteiger charge is -2.29. The Bertz CT molecular complexity index is 241. The van der Waals surface area contributed by atoms with E-state index in [1.54, 1.807) is 0 Å². The number of hydrogen-bond donors (Lipinski definition) is 0. The van der Waals surface area contributed by atoms with Crippen LogP contribution in [0.15, 0.2) is 0 Å². The normalized spacial score (nSPS) is 50.4. The molecule has 1 heterocycles. The van der Waals surface area contributed by atoms with E-state index in [1.165, 1.54) is 38.6 Å². The van der Waals surface area contributed by atoms with Gasteiger partial charge in [-0.05, 0) is 50.4 Å². The molecular formula is C13H22ClN. The minimum atomic E-state index is 0.415. The van der Waals surface area contributed by atoms with Gasteiger partial charge in [0.1, 0.15) is 0 Å². The number of nitrogens with zero attached hydrogens (tertiary/aromatic N) is 1. The molecule has 3 aliphatic rings. The van der Waals surface area contributed by atoms with E-state index in [0.29, 0.717) is 5.38 Å². The molecular weight excluding hydrogens is 206 g/mol. The standard InChI is InChI=1S/C13H22ClN/c1-9-4-13(14)8-15(9)7-12-6-10-2-3-11(12)5-10/h9-13H,2-8H2,1H3. The third-order valence-corrected chi connectivity index (χ3v) is 5.32. The highest BCUT2D eigenvalue weighted by molar-refractivity contribution is 6.21. The van der Waals surface area contributed by atoms with Crippen LogP contribution in [0.1, 0.15) is 39.0 Å². The average Bonchev–Trinajstić information content (AvgIpc) is 2.83. The van der Waals surface area contributed by atoms with Crippen molar-refractivity contribution in [2.24, 2.45) is 17.8 Å². The Morgan fingerprint density at radius 2 is 2.07 bits per heavy atom. The van der Waals surface area contributed by atoms with Gasteiger partial charge in [-0.2, -0.15) is 0 Å². The van der Waals surface area contributed by atoms with Gasteiger partial charge >= 0.3 is 0 Å². The summed E-state index contributed by atoms with van der Waals surface area (Å²) in [5.74, 6) is 3.16. The summed E-state index contributed by atoms with van der Waals surface area (Å²) in [6.45, 7) is 4.82. The summed E-state index contributed by atoms with van der Waals surface area (Å²) in [6.07, 6.45) is 7.29. The van der Waals surface area contributed by atoms with Crippen molar-refractivity contribution in [3.05, 3.63) is 0 Å². The van der Waals surface area contributed by atoms with Crippen molar-refractivity contribution in [1.29, 1.82) is 0 Å². The Labute approximate surface area is 98.2 Å². The van der Waals surface area contributed by atoms with Crippen molar-refractivity contribution in [3.63, 3.8) is 0 Å². The molecule has 2 bridgehead atoms. The highest BCUT2D eigenvalue weighted by Gasteiger charge is 2.41. The van der Waals surface area contributed by atoms with Gasteiger partial charge in [-0.1, -0.05) is 6.42 Å². The highest BCUT2D eigenvalue weighted by atomic mass is 35.5. The van der Waals surface area contributed by atoms with E-state index in [1.807, 2.05) is 0 Å². The van der Waals surface area contributed by atoms with Crippen LogP contribution in [0.5, 0.6) is 0 Å². The van der Waals surface area contributed by atoms with E-state index in [9.17, 15) is 0 Å². The van der Waals surface area contributed by atoms with E-state index < -0.39 is 0 Å². The zero-order valence-electron chi connectivity index (χ0n) is 9.66. The van der Waals surface area contributed by atoms with Crippen LogP contribution in [0, 0.1) is 17.8 Å². The van der Waals surface area contributed by atoms with Crippen LogP contribution in [-0.2, 0) is 0 Å². The Morgan fingerprint density at radius 3 is 2.60 bits per heavy atom. The molecule has 0 radical (unpaired) electrons. The second-order valence-corrected chi connectivity index (χ2v) is 6.69. The Kier molecular flexibility index (Phi) is 2.72. The second-order valence-electron chi connectivity index (χ2n) is 6.07. The summed E-state index contributed by atoms with van der Waals surface area (Å²) in [4.78, 5) is 2.64. The predicted octanol–water partition coefficient (Wildman–Crippen LogP) is 3.12. The third-order valence-electron chi connectivity index (χ3n) is 5.01. The van der Waals surface area contributed by atoms with Gasteiger partial charge < -0.3 is 0 Å². The van der Waals surface area contributed by atoms with Crippen molar-refractivity contribution in [2.75, 3.05) is 13.1 Å². The summed E-state index contributed by atoms with van der Waals surface area (Å²) in [7, 11) is 0. The summed E-state index contributed by atoms with van der Waals surface area (Å²) >= 11 is 6.22. The first-order chi connectivity index (χ1) is 7.22. The fourth-order valence-electron chi connectivity index (χ4n) is 4.18. The largest absolute Gasteiger partial charge is 0.299 e. The van der Waals surface area contributed by atoms with Gasteiger partial charge in [-0.25, -0.2) is 0 Å². The molecule has 0 aromatic carbocycles. The first-order valence-corrected chi connectivity index (χ1v) is 7.04. The number of alkyl halides is 1. The van der Waals surface area contributed by atoms with Crippen molar-refractivity contribution in [3.8, 4) is 0 Å². The van der Waals surface area contributed by atoms with Crippen molar-refractivity contribution >= 4 is 11.6 Å². The average molecular weight is 228 g/mol. The second kappa shape index (κ2) is 3.92. The smallest absolute Gasteiger partial charge is 0.0478 e. The van der Waals surface area contributed by atoms with Crippen LogP contribution in [0.2, 0.25) is 0 Å². The van der Waals surface area contributed by atoms with Crippen LogP contribution in [0.4, 0.5) is 0 Å². The van der Waals surface area contributed by atoms with E-state index in [0.717, 1.165) is 30.3 Å². The highest BCUT2D eigenvalue weighted by Crippen LogP contribution is 2.48. The van der Waals surface area contributed by atoms with Crippen LogP contribution in [-0.4, -0.2) is 29.4 Å². The monoisotopic (exact) mass is 227 g/mol. The number of rotatable bonds is 2. The molecule has 5 atom stereocenters. The zero-order valence-corrected chi connectivity index (χ0v) is 10.4. The van der Waals surface area contributed by atoms with Crippen LogP contribution < -0.4 is 0 Å². The number of likely N-dealkylation sites (tertiary alicyclic amines) is 1. The molecule has 0 spiro atoms. The molecule has 0 aromatic rings. The van der Waals surface area contributed by atoms with E-state index in [4.69, 9.17) is 11.6 Å². The fraction of sp³-hybridized carbons (Fsp3) is 1.00. The van der Waals surface area contributed by atoms with Crippen LogP contribution in [0.25, 0.3) is 0 Å². The van der Waals surface area contributed by atoms with Crippen LogP contribution >= 0.6 is 11.6 Å². The summed E-state index contributed by atoms with van der Waals surface area (Å²) in [6, 6.07) is 0.728. The van der Waals surface area contributed by atoms with Gasteiger partial charge in [0.05, 0.1) is 0 Å². The third kappa shape index (κ3) is 1.93. The minimum Gasteiger partial charge on any atom is -0.299 e. The molecule has 1 nitrogen and oxygen atoms in total. The first-order valence-electron chi connectivity index (χ1n) is 6.60. The Morgan fingerprint density at radius 1 is 1.20 bits per heavy atom. The van der Waals surface area contributed by atoms with Gasteiger partial charge in [0.2, 0.25) is 0 Å². The number of hydrogen-bond acceptors (Lipinski definition) is 1. The molecule has 0 aromatic heterocycles. The lowest BCUT2D eigenvalue weighted by molar-refractivity contribution is 0.185. The van der Waals surface area contributed by atoms with Crippen molar-refractivity contribution in [2.45, 2.75) is 50.4 Å². The predicted molar refractivity (Wildman–Crippen MR) is 64.2 cm³/mol. The molecule has 3 rings (SSSR count). The van der Waals surface area contributed by atoms with Crippen molar-refractivity contribution < 1.29 is 0 Å². The van der Waals surface area contributed by atoms with Crippen LogP contribution in [0.3, 0.4) is 0 Å². The van der Waals surface area contributed by atoms with E-state index in [2.05, 4.69) is 11.8 Å². The summed E-state index contributed by atoms with van der Waals surface area (Å²) in [5.41, 5.74) is 0. The summed E-state index contributed by atoms with van der Waals surface area (Å²) < 4.78 is 0. The van der Waals surface area contributed by atoms with Gasteiger partial charge in [0.25, 0.3) is 0 Å². The molecule has 86 valence electrons. The zero-order chi connectivity index (χ0) is 10.4. The molecule has 1 saturated heterocycles. The SMILES string of the molecule is CC1CC(Cl)CN1CC1CC2CCC1C2. The van der Waals surface area contributed by atoms with Crippen molar-refractivity contribution in [1.82, 2.24) is 4.90 Å². The maximum Gasteiger partial charge on any atom is 0.0478 e. The molecule has 0 amide bonds.